The summed E-state index contributed by atoms with van der Waals surface area (Å²) in [5.74, 6) is -1.23. The molecule has 0 aromatic carbocycles. The van der Waals surface area contributed by atoms with Gasteiger partial charge in [-0.25, -0.2) is 0 Å². The van der Waals surface area contributed by atoms with Gasteiger partial charge in [0.25, 0.3) is 0 Å². The third-order valence-electron chi connectivity index (χ3n) is 3.45. The van der Waals surface area contributed by atoms with E-state index in [0.717, 1.165) is 19.3 Å². The fourth-order valence-corrected chi connectivity index (χ4v) is 2.49. The molecule has 17 heavy (non-hydrogen) atoms. The maximum absolute atomic E-state index is 12.4. The Morgan fingerprint density at radius 2 is 2.24 bits per heavy atom. The Labute approximate surface area is 96.4 Å². The van der Waals surface area contributed by atoms with Crippen molar-refractivity contribution in [1.82, 2.24) is 10.1 Å². The van der Waals surface area contributed by atoms with Gasteiger partial charge in [0.1, 0.15) is 0 Å². The molecule has 1 aromatic rings. The van der Waals surface area contributed by atoms with Gasteiger partial charge in [0.15, 0.2) is 5.82 Å². The molecule has 2 N–H and O–H groups in total. The van der Waals surface area contributed by atoms with Crippen LogP contribution in [0.1, 0.15) is 44.3 Å². The Morgan fingerprint density at radius 3 is 2.76 bits per heavy atom. The number of hydrogen-bond donors (Lipinski definition) is 1. The third-order valence-corrected chi connectivity index (χ3v) is 3.45. The van der Waals surface area contributed by atoms with Crippen molar-refractivity contribution in [2.24, 2.45) is 11.7 Å². The summed E-state index contributed by atoms with van der Waals surface area (Å²) < 4.78 is 41.3. The van der Waals surface area contributed by atoms with Gasteiger partial charge in [-0.05, 0) is 18.8 Å². The van der Waals surface area contributed by atoms with E-state index < -0.39 is 17.6 Å². The van der Waals surface area contributed by atoms with Gasteiger partial charge in [-0.15, -0.1) is 0 Å². The number of alkyl halides is 3. The van der Waals surface area contributed by atoms with Gasteiger partial charge in [0.05, 0.1) is 5.54 Å². The molecule has 2 rings (SSSR count). The largest absolute Gasteiger partial charge is 0.471 e. The number of nitrogens with two attached hydrogens (primary N) is 1. The molecule has 1 saturated carbocycles. The molecule has 0 amide bonds. The molecule has 0 spiro atoms. The van der Waals surface area contributed by atoms with Crippen LogP contribution in [-0.2, 0) is 11.7 Å². The third kappa shape index (κ3) is 2.03. The van der Waals surface area contributed by atoms with Crippen LogP contribution in [0, 0.1) is 5.92 Å². The standard InChI is InChI=1S/C10H14F3N3O/c1-2-6-4-3-5-9(6,14)7-15-8(17-16-7)10(11,12)13/h6H,2-5,14H2,1H3. The van der Waals surface area contributed by atoms with E-state index in [-0.39, 0.29) is 11.7 Å². The molecule has 0 aliphatic heterocycles. The van der Waals surface area contributed by atoms with Crippen molar-refractivity contribution < 1.29 is 17.7 Å². The molecule has 7 heteroatoms. The van der Waals surface area contributed by atoms with Gasteiger partial charge in [-0.2, -0.15) is 18.2 Å². The van der Waals surface area contributed by atoms with Crippen LogP contribution in [0.15, 0.2) is 4.52 Å². The maximum Gasteiger partial charge on any atom is 0.471 e. The van der Waals surface area contributed by atoms with E-state index >= 15 is 0 Å². The fourth-order valence-electron chi connectivity index (χ4n) is 2.49. The van der Waals surface area contributed by atoms with Crippen molar-refractivity contribution in [3.8, 4) is 0 Å². The van der Waals surface area contributed by atoms with Gasteiger partial charge < -0.3 is 10.3 Å². The lowest BCUT2D eigenvalue weighted by molar-refractivity contribution is -0.159. The quantitative estimate of drug-likeness (QED) is 0.874. The Balaban J connectivity index is 2.31. The lowest BCUT2D eigenvalue weighted by Crippen LogP contribution is -2.41. The van der Waals surface area contributed by atoms with Crippen LogP contribution in [0.2, 0.25) is 0 Å². The lowest BCUT2D eigenvalue weighted by atomic mass is 9.85. The fraction of sp³-hybridized carbons (Fsp3) is 0.800. The number of aromatic nitrogens is 2. The highest BCUT2D eigenvalue weighted by Gasteiger charge is 2.46. The molecule has 2 unspecified atom stereocenters. The van der Waals surface area contributed by atoms with Crippen LogP contribution >= 0.6 is 0 Å². The van der Waals surface area contributed by atoms with Crippen molar-refractivity contribution in [2.45, 2.75) is 44.3 Å². The summed E-state index contributed by atoms with van der Waals surface area (Å²) in [6.07, 6.45) is -1.44. The Hall–Kier alpha value is -1.11. The summed E-state index contributed by atoms with van der Waals surface area (Å²) in [5, 5.41) is 3.40. The first-order valence-electron chi connectivity index (χ1n) is 5.58. The minimum absolute atomic E-state index is 0.0193. The molecule has 0 radical (unpaired) electrons. The van der Waals surface area contributed by atoms with Crippen LogP contribution < -0.4 is 5.73 Å². The van der Waals surface area contributed by atoms with Crippen molar-refractivity contribution in [2.75, 3.05) is 0 Å². The van der Waals surface area contributed by atoms with E-state index in [4.69, 9.17) is 5.73 Å². The Kier molecular flexibility index (Phi) is 2.89. The van der Waals surface area contributed by atoms with Gasteiger partial charge in [-0.3, -0.25) is 0 Å². The van der Waals surface area contributed by atoms with Crippen LogP contribution in [0.4, 0.5) is 13.2 Å². The summed E-state index contributed by atoms with van der Waals surface area (Å²) in [6.45, 7) is 1.96. The molecule has 1 aliphatic rings. The van der Waals surface area contributed by atoms with E-state index in [1.54, 1.807) is 0 Å². The van der Waals surface area contributed by atoms with Gasteiger partial charge in [0.2, 0.25) is 0 Å². The second kappa shape index (κ2) is 3.97. The topological polar surface area (TPSA) is 64.9 Å². The van der Waals surface area contributed by atoms with Gasteiger partial charge in [0, 0.05) is 0 Å². The summed E-state index contributed by atoms with van der Waals surface area (Å²) in [6, 6.07) is 0. The molecule has 1 fully saturated rings. The number of nitrogens with zero attached hydrogens (tertiary/aromatic N) is 2. The normalized spacial score (nSPS) is 29.8. The van der Waals surface area contributed by atoms with E-state index in [2.05, 4.69) is 14.7 Å². The zero-order chi connectivity index (χ0) is 12.7. The zero-order valence-corrected chi connectivity index (χ0v) is 9.42. The Morgan fingerprint density at radius 1 is 1.53 bits per heavy atom. The molecule has 4 nitrogen and oxygen atoms in total. The number of halogens is 3. The average molecular weight is 249 g/mol. The highest BCUT2D eigenvalue weighted by atomic mass is 19.4. The van der Waals surface area contributed by atoms with Gasteiger partial charge >= 0.3 is 12.1 Å². The molecule has 1 aliphatic carbocycles. The Bertz CT molecular complexity index is 404. The SMILES string of the molecule is CCC1CCCC1(N)c1noc(C(F)(F)F)n1. The smallest absolute Gasteiger partial charge is 0.329 e. The predicted molar refractivity (Wildman–Crippen MR) is 52.8 cm³/mol. The van der Waals surface area contributed by atoms with E-state index in [9.17, 15) is 13.2 Å². The summed E-state index contributed by atoms with van der Waals surface area (Å²) in [7, 11) is 0. The minimum Gasteiger partial charge on any atom is -0.329 e. The van der Waals surface area contributed by atoms with Crippen LogP contribution in [0.25, 0.3) is 0 Å². The molecule has 1 aromatic heterocycles. The molecular formula is C10H14F3N3O. The molecule has 96 valence electrons. The van der Waals surface area contributed by atoms with E-state index in [1.165, 1.54) is 0 Å². The first-order chi connectivity index (χ1) is 7.88. The molecule has 0 bridgehead atoms. The highest BCUT2D eigenvalue weighted by molar-refractivity contribution is 5.10. The average Bonchev–Trinajstić information content (AvgIpc) is 2.82. The molecule has 0 saturated heterocycles. The van der Waals surface area contributed by atoms with Crippen molar-refractivity contribution in [3.63, 3.8) is 0 Å². The highest BCUT2D eigenvalue weighted by Crippen LogP contribution is 2.42. The number of rotatable bonds is 2. The summed E-state index contributed by atoms with van der Waals surface area (Å²) in [4.78, 5) is 3.41. The van der Waals surface area contributed by atoms with E-state index in [1.807, 2.05) is 6.92 Å². The zero-order valence-electron chi connectivity index (χ0n) is 9.42. The number of hydrogen-bond acceptors (Lipinski definition) is 4. The summed E-state index contributed by atoms with van der Waals surface area (Å²) >= 11 is 0. The molecule has 1 heterocycles. The minimum atomic E-state index is -4.61. The predicted octanol–water partition coefficient (Wildman–Crippen LogP) is 2.45. The molecular weight excluding hydrogens is 235 g/mol. The second-order valence-corrected chi connectivity index (χ2v) is 4.46. The summed E-state index contributed by atoms with van der Waals surface area (Å²) in [5.41, 5.74) is 5.27. The first-order valence-corrected chi connectivity index (χ1v) is 5.58. The van der Waals surface area contributed by atoms with Crippen LogP contribution in [0.3, 0.4) is 0 Å². The van der Waals surface area contributed by atoms with Gasteiger partial charge in [-0.1, -0.05) is 24.9 Å². The lowest BCUT2D eigenvalue weighted by Gasteiger charge is -2.26. The van der Waals surface area contributed by atoms with Crippen molar-refractivity contribution in [3.05, 3.63) is 11.7 Å². The van der Waals surface area contributed by atoms with E-state index in [0.29, 0.717) is 6.42 Å². The molecule has 2 atom stereocenters. The second-order valence-electron chi connectivity index (χ2n) is 4.46. The van der Waals surface area contributed by atoms with Crippen molar-refractivity contribution >= 4 is 0 Å². The van der Waals surface area contributed by atoms with Crippen LogP contribution in [0.5, 0.6) is 0 Å². The maximum atomic E-state index is 12.4. The monoisotopic (exact) mass is 249 g/mol. The first kappa shape index (κ1) is 12.3. The van der Waals surface area contributed by atoms with Crippen LogP contribution in [-0.4, -0.2) is 10.1 Å². The van der Waals surface area contributed by atoms with Crippen molar-refractivity contribution in [1.29, 1.82) is 0 Å².